The number of nitrogens with zero attached hydrogens (tertiary/aromatic N) is 1. The summed E-state index contributed by atoms with van der Waals surface area (Å²) in [6.45, 7) is 3.48. The van der Waals surface area contributed by atoms with Gasteiger partial charge in [-0.15, -0.1) is 0 Å². The van der Waals surface area contributed by atoms with E-state index in [9.17, 15) is 0 Å². The summed E-state index contributed by atoms with van der Waals surface area (Å²) >= 11 is 1.99. The van der Waals surface area contributed by atoms with Gasteiger partial charge in [0.05, 0.1) is 0 Å². The van der Waals surface area contributed by atoms with Crippen molar-refractivity contribution in [2.75, 3.05) is 12.3 Å². The first-order valence-corrected chi connectivity index (χ1v) is 8.70. The summed E-state index contributed by atoms with van der Waals surface area (Å²) in [6.07, 6.45) is 11.2. The summed E-state index contributed by atoms with van der Waals surface area (Å²) in [5.74, 6) is 2.13. The zero-order chi connectivity index (χ0) is 12.4. The molecule has 3 rings (SSSR count). The molecule has 2 atom stereocenters. The zero-order valence-corrected chi connectivity index (χ0v) is 12.4. The van der Waals surface area contributed by atoms with Gasteiger partial charge >= 0.3 is 0 Å². The molecule has 0 aromatic carbocycles. The molecule has 1 aliphatic heterocycles. The van der Waals surface area contributed by atoms with Crippen molar-refractivity contribution in [3.63, 3.8) is 0 Å². The van der Waals surface area contributed by atoms with Crippen molar-refractivity contribution >= 4 is 16.9 Å². The Morgan fingerprint density at radius 2 is 1.94 bits per heavy atom. The summed E-state index contributed by atoms with van der Waals surface area (Å²) in [5, 5.41) is 4.97. The fraction of sp³-hybridized carbons (Fsp3) is 0.933. The second kappa shape index (κ2) is 5.44. The first-order valence-electron chi connectivity index (χ1n) is 7.71. The Balaban J connectivity index is 1.56. The number of rotatable bonds is 1. The predicted molar refractivity (Wildman–Crippen MR) is 80.2 cm³/mol. The number of nitrogens with one attached hydrogen (secondary N) is 1. The van der Waals surface area contributed by atoms with E-state index < -0.39 is 0 Å². The molecule has 0 bridgehead atoms. The van der Waals surface area contributed by atoms with Gasteiger partial charge in [-0.1, -0.05) is 44.4 Å². The van der Waals surface area contributed by atoms with Crippen molar-refractivity contribution in [1.29, 1.82) is 0 Å². The third-order valence-electron chi connectivity index (χ3n) is 5.16. The zero-order valence-electron chi connectivity index (χ0n) is 11.6. The van der Waals surface area contributed by atoms with Gasteiger partial charge in [-0.3, -0.25) is 4.99 Å². The molecule has 3 aliphatic rings. The van der Waals surface area contributed by atoms with Crippen molar-refractivity contribution in [3.05, 3.63) is 0 Å². The van der Waals surface area contributed by atoms with Gasteiger partial charge in [0.1, 0.15) is 0 Å². The van der Waals surface area contributed by atoms with Crippen LogP contribution in [0, 0.1) is 11.3 Å². The van der Waals surface area contributed by atoms with Crippen molar-refractivity contribution in [3.8, 4) is 0 Å². The molecule has 1 spiro atoms. The lowest BCUT2D eigenvalue weighted by molar-refractivity contribution is 0.308. The highest BCUT2D eigenvalue weighted by atomic mass is 32.2. The molecule has 2 fully saturated rings. The van der Waals surface area contributed by atoms with Crippen LogP contribution < -0.4 is 5.32 Å². The van der Waals surface area contributed by atoms with Crippen molar-refractivity contribution in [1.82, 2.24) is 5.32 Å². The lowest BCUT2D eigenvalue weighted by Gasteiger charge is -2.35. The highest BCUT2D eigenvalue weighted by molar-refractivity contribution is 8.13. The maximum atomic E-state index is 4.86. The van der Waals surface area contributed by atoms with Crippen molar-refractivity contribution in [2.45, 2.75) is 64.3 Å². The van der Waals surface area contributed by atoms with Gasteiger partial charge in [0, 0.05) is 18.3 Å². The predicted octanol–water partition coefficient (Wildman–Crippen LogP) is 3.82. The third kappa shape index (κ3) is 2.71. The maximum Gasteiger partial charge on any atom is 0.156 e. The van der Waals surface area contributed by atoms with E-state index in [4.69, 9.17) is 4.99 Å². The largest absolute Gasteiger partial charge is 0.362 e. The Hall–Kier alpha value is -0.180. The van der Waals surface area contributed by atoms with Gasteiger partial charge in [-0.2, -0.15) is 0 Å². The van der Waals surface area contributed by atoms with Crippen LogP contribution in [0.5, 0.6) is 0 Å². The van der Waals surface area contributed by atoms with E-state index in [0.29, 0.717) is 11.5 Å². The van der Waals surface area contributed by atoms with Crippen LogP contribution in [-0.2, 0) is 0 Å². The minimum Gasteiger partial charge on any atom is -0.362 e. The molecule has 3 heteroatoms. The summed E-state index contributed by atoms with van der Waals surface area (Å²) < 4.78 is 0. The first kappa shape index (κ1) is 12.8. The molecule has 0 amide bonds. The van der Waals surface area contributed by atoms with Crippen LogP contribution in [-0.4, -0.2) is 23.5 Å². The normalized spacial score (nSPS) is 35.5. The smallest absolute Gasteiger partial charge is 0.156 e. The molecule has 0 saturated heterocycles. The van der Waals surface area contributed by atoms with Crippen LogP contribution in [0.4, 0.5) is 0 Å². The Morgan fingerprint density at radius 3 is 2.61 bits per heavy atom. The van der Waals surface area contributed by atoms with Gasteiger partial charge < -0.3 is 5.32 Å². The van der Waals surface area contributed by atoms with Crippen LogP contribution in [0.2, 0.25) is 0 Å². The Bertz CT molecular complexity index is 320. The van der Waals surface area contributed by atoms with E-state index in [0.717, 1.165) is 12.5 Å². The minimum absolute atomic E-state index is 0.577. The molecule has 2 nitrogen and oxygen atoms in total. The number of amidine groups is 1. The average Bonchev–Trinajstić information content (AvgIpc) is 2.84. The molecule has 2 unspecified atom stereocenters. The van der Waals surface area contributed by atoms with E-state index in [1.54, 1.807) is 0 Å². The van der Waals surface area contributed by atoms with E-state index in [2.05, 4.69) is 12.2 Å². The lowest BCUT2D eigenvalue weighted by Crippen LogP contribution is -2.42. The molecule has 1 heterocycles. The summed E-state index contributed by atoms with van der Waals surface area (Å²) in [6, 6.07) is 0.683. The molecule has 0 aromatic heterocycles. The molecular formula is C15H26N2S. The average molecular weight is 266 g/mol. The fourth-order valence-corrected chi connectivity index (χ4v) is 4.97. The van der Waals surface area contributed by atoms with Gasteiger partial charge in [0.2, 0.25) is 0 Å². The molecule has 1 N–H and O–H groups in total. The fourth-order valence-electron chi connectivity index (χ4n) is 3.76. The van der Waals surface area contributed by atoms with E-state index >= 15 is 0 Å². The Labute approximate surface area is 115 Å². The second-order valence-corrected chi connectivity index (χ2v) is 7.59. The van der Waals surface area contributed by atoms with E-state index in [1.165, 1.54) is 62.3 Å². The summed E-state index contributed by atoms with van der Waals surface area (Å²) in [7, 11) is 0. The van der Waals surface area contributed by atoms with Crippen LogP contribution in [0.25, 0.3) is 0 Å². The van der Waals surface area contributed by atoms with Crippen LogP contribution in [0.15, 0.2) is 4.99 Å². The highest BCUT2D eigenvalue weighted by Gasteiger charge is 2.36. The lowest BCUT2D eigenvalue weighted by atomic mass is 9.86. The standard InChI is InChI=1S/C15H26N2S/c1-12-6-2-3-7-13(12)17-14-16-10-15(11-18-14)8-4-5-9-15/h12-13H,2-11H2,1H3,(H,16,17). The SMILES string of the molecule is CC1CCCCC1NC1=NCC2(CCCC2)CS1. The number of hydrogen-bond acceptors (Lipinski definition) is 3. The van der Waals surface area contributed by atoms with Gasteiger partial charge in [-0.25, -0.2) is 0 Å². The number of aliphatic imine (C=N–C) groups is 1. The van der Waals surface area contributed by atoms with Crippen molar-refractivity contribution < 1.29 is 0 Å². The van der Waals surface area contributed by atoms with E-state index in [-0.39, 0.29) is 0 Å². The van der Waals surface area contributed by atoms with Crippen LogP contribution in [0.1, 0.15) is 58.3 Å². The molecule has 0 radical (unpaired) electrons. The monoisotopic (exact) mass is 266 g/mol. The molecule has 2 aliphatic carbocycles. The second-order valence-electron chi connectivity index (χ2n) is 6.63. The number of thioether (sulfide) groups is 1. The quantitative estimate of drug-likeness (QED) is 0.780. The molecule has 0 aromatic rings. The topological polar surface area (TPSA) is 24.4 Å². The van der Waals surface area contributed by atoms with Crippen LogP contribution >= 0.6 is 11.8 Å². The molecule has 102 valence electrons. The molecule has 18 heavy (non-hydrogen) atoms. The Kier molecular flexibility index (Phi) is 3.88. The maximum absolute atomic E-state index is 4.86. The van der Waals surface area contributed by atoms with Gasteiger partial charge in [0.15, 0.2) is 5.17 Å². The Morgan fingerprint density at radius 1 is 1.17 bits per heavy atom. The third-order valence-corrected chi connectivity index (χ3v) is 6.43. The summed E-state index contributed by atoms with van der Waals surface area (Å²) in [5.41, 5.74) is 0.577. The molecule has 2 saturated carbocycles. The highest BCUT2D eigenvalue weighted by Crippen LogP contribution is 2.43. The van der Waals surface area contributed by atoms with Crippen molar-refractivity contribution in [2.24, 2.45) is 16.3 Å². The summed E-state index contributed by atoms with van der Waals surface area (Å²) in [4.78, 5) is 4.86. The van der Waals surface area contributed by atoms with Gasteiger partial charge in [0.25, 0.3) is 0 Å². The number of hydrogen-bond donors (Lipinski definition) is 1. The van der Waals surface area contributed by atoms with E-state index in [1.807, 2.05) is 11.8 Å². The molecular weight excluding hydrogens is 240 g/mol. The van der Waals surface area contributed by atoms with Crippen LogP contribution in [0.3, 0.4) is 0 Å². The van der Waals surface area contributed by atoms with Gasteiger partial charge in [-0.05, 0) is 37.0 Å². The first-order chi connectivity index (χ1) is 8.77. The minimum atomic E-state index is 0.577.